The van der Waals surface area contributed by atoms with Gasteiger partial charge in [-0.2, -0.15) is 11.8 Å². The summed E-state index contributed by atoms with van der Waals surface area (Å²) in [6.07, 6.45) is 3.57. The summed E-state index contributed by atoms with van der Waals surface area (Å²) < 4.78 is 26.7. The maximum Gasteiger partial charge on any atom is 0.325 e. The lowest BCUT2D eigenvalue weighted by molar-refractivity contribution is -0.149. The predicted octanol–water partition coefficient (Wildman–Crippen LogP) is 1.21. The minimum atomic E-state index is -2.86. The van der Waals surface area contributed by atoms with Gasteiger partial charge in [0.25, 0.3) is 0 Å². The standard InChI is InChI=1S/C12H25NO4S2/c1-4-17-11(14)12(2,13)7-5-6-8-18-9-10-19(3,15)16/h4-10,13H2,1-3H3. The molecule has 0 aliphatic carbocycles. The highest BCUT2D eigenvalue weighted by Gasteiger charge is 2.28. The molecule has 0 fully saturated rings. The molecule has 19 heavy (non-hydrogen) atoms. The van der Waals surface area contributed by atoms with Gasteiger partial charge in [0.1, 0.15) is 15.4 Å². The highest BCUT2D eigenvalue weighted by Crippen LogP contribution is 2.15. The van der Waals surface area contributed by atoms with Crippen molar-refractivity contribution in [1.82, 2.24) is 0 Å². The lowest BCUT2D eigenvalue weighted by Gasteiger charge is -2.21. The molecular formula is C12H25NO4S2. The third kappa shape index (κ3) is 10.2. The normalized spacial score (nSPS) is 14.9. The van der Waals surface area contributed by atoms with Crippen molar-refractivity contribution >= 4 is 27.6 Å². The van der Waals surface area contributed by atoms with Crippen LogP contribution >= 0.6 is 11.8 Å². The van der Waals surface area contributed by atoms with E-state index in [1.165, 1.54) is 6.26 Å². The van der Waals surface area contributed by atoms with Crippen molar-refractivity contribution < 1.29 is 17.9 Å². The highest BCUT2D eigenvalue weighted by molar-refractivity contribution is 8.00. The van der Waals surface area contributed by atoms with E-state index < -0.39 is 15.4 Å². The zero-order chi connectivity index (χ0) is 14.9. The monoisotopic (exact) mass is 311 g/mol. The van der Waals surface area contributed by atoms with Gasteiger partial charge in [-0.3, -0.25) is 4.79 Å². The topological polar surface area (TPSA) is 86.5 Å². The van der Waals surface area contributed by atoms with Gasteiger partial charge in [0.15, 0.2) is 0 Å². The Morgan fingerprint density at radius 2 is 1.95 bits per heavy atom. The molecule has 0 radical (unpaired) electrons. The lowest BCUT2D eigenvalue weighted by Crippen LogP contribution is -2.46. The van der Waals surface area contributed by atoms with Crippen LogP contribution < -0.4 is 5.73 Å². The van der Waals surface area contributed by atoms with E-state index in [4.69, 9.17) is 10.5 Å². The summed E-state index contributed by atoms with van der Waals surface area (Å²) in [5, 5.41) is 0. The molecule has 0 aromatic heterocycles. The number of esters is 1. The minimum absolute atomic E-state index is 0.217. The van der Waals surface area contributed by atoms with Gasteiger partial charge in [0, 0.05) is 12.0 Å². The Hall–Kier alpha value is -0.270. The van der Waals surface area contributed by atoms with E-state index in [1.54, 1.807) is 25.6 Å². The molecule has 0 saturated carbocycles. The van der Waals surface area contributed by atoms with Gasteiger partial charge in [-0.15, -0.1) is 0 Å². The molecule has 2 N–H and O–H groups in total. The molecule has 7 heteroatoms. The van der Waals surface area contributed by atoms with E-state index in [2.05, 4.69) is 0 Å². The summed E-state index contributed by atoms with van der Waals surface area (Å²) in [4.78, 5) is 11.5. The van der Waals surface area contributed by atoms with E-state index in [0.717, 1.165) is 18.6 Å². The summed E-state index contributed by atoms with van der Waals surface area (Å²) >= 11 is 1.61. The highest BCUT2D eigenvalue weighted by atomic mass is 32.2. The number of thioether (sulfide) groups is 1. The molecular weight excluding hydrogens is 286 g/mol. The molecule has 0 aromatic rings. The van der Waals surface area contributed by atoms with Crippen molar-refractivity contribution in [2.45, 2.75) is 38.6 Å². The molecule has 5 nitrogen and oxygen atoms in total. The second kappa shape index (κ2) is 8.81. The summed E-state index contributed by atoms with van der Waals surface area (Å²) in [6, 6.07) is 0. The average molecular weight is 311 g/mol. The fourth-order valence-corrected chi connectivity index (χ4v) is 3.70. The predicted molar refractivity (Wildman–Crippen MR) is 80.1 cm³/mol. The minimum Gasteiger partial charge on any atom is -0.465 e. The molecule has 114 valence electrons. The molecule has 0 aliphatic rings. The molecule has 0 aliphatic heterocycles. The first kappa shape index (κ1) is 18.7. The number of carbonyl (C=O) groups excluding carboxylic acids is 1. The molecule has 0 aromatic carbocycles. The largest absolute Gasteiger partial charge is 0.465 e. The Kier molecular flexibility index (Phi) is 8.69. The average Bonchev–Trinajstić information content (AvgIpc) is 2.26. The van der Waals surface area contributed by atoms with Crippen molar-refractivity contribution in [3.63, 3.8) is 0 Å². The first-order valence-electron chi connectivity index (χ1n) is 6.40. The Balaban J connectivity index is 3.66. The van der Waals surface area contributed by atoms with Crippen molar-refractivity contribution in [3.8, 4) is 0 Å². The molecule has 0 amide bonds. The number of ether oxygens (including phenoxy) is 1. The zero-order valence-electron chi connectivity index (χ0n) is 12.0. The lowest BCUT2D eigenvalue weighted by atomic mass is 9.96. The number of carbonyl (C=O) groups is 1. The third-order valence-electron chi connectivity index (χ3n) is 2.57. The summed E-state index contributed by atoms with van der Waals surface area (Å²) in [5.74, 6) is 1.36. The molecule has 0 heterocycles. The molecule has 0 rings (SSSR count). The molecule has 1 unspecified atom stereocenters. The van der Waals surface area contributed by atoms with Crippen molar-refractivity contribution in [2.24, 2.45) is 5.73 Å². The number of hydrogen-bond acceptors (Lipinski definition) is 6. The molecule has 0 spiro atoms. The van der Waals surface area contributed by atoms with Gasteiger partial charge in [0.2, 0.25) is 0 Å². The van der Waals surface area contributed by atoms with Crippen LogP contribution in [0.25, 0.3) is 0 Å². The first-order chi connectivity index (χ1) is 8.69. The van der Waals surface area contributed by atoms with Crippen LogP contribution in [0, 0.1) is 0 Å². The Morgan fingerprint density at radius 3 is 2.47 bits per heavy atom. The van der Waals surface area contributed by atoms with E-state index in [9.17, 15) is 13.2 Å². The second-order valence-electron chi connectivity index (χ2n) is 4.84. The van der Waals surface area contributed by atoms with E-state index in [-0.39, 0.29) is 11.7 Å². The first-order valence-corrected chi connectivity index (χ1v) is 9.62. The number of nitrogens with two attached hydrogens (primary N) is 1. The molecule has 0 saturated heterocycles. The zero-order valence-corrected chi connectivity index (χ0v) is 13.6. The number of unbranched alkanes of at least 4 members (excludes halogenated alkanes) is 1. The summed E-state index contributed by atoms with van der Waals surface area (Å²) in [7, 11) is -2.86. The van der Waals surface area contributed by atoms with Gasteiger partial charge in [-0.1, -0.05) is 6.42 Å². The Labute approximate surface area is 120 Å². The van der Waals surface area contributed by atoms with Crippen LogP contribution in [0.5, 0.6) is 0 Å². The maximum atomic E-state index is 11.5. The van der Waals surface area contributed by atoms with Crippen LogP contribution in [0.2, 0.25) is 0 Å². The van der Waals surface area contributed by atoms with E-state index >= 15 is 0 Å². The number of rotatable bonds is 10. The van der Waals surface area contributed by atoms with Crippen LogP contribution in [-0.2, 0) is 19.4 Å². The quantitative estimate of drug-likeness (QED) is 0.482. The second-order valence-corrected chi connectivity index (χ2v) is 8.32. The number of sulfone groups is 1. The van der Waals surface area contributed by atoms with E-state index in [0.29, 0.717) is 18.8 Å². The van der Waals surface area contributed by atoms with Crippen LogP contribution in [0.4, 0.5) is 0 Å². The van der Waals surface area contributed by atoms with Crippen LogP contribution in [0.3, 0.4) is 0 Å². The van der Waals surface area contributed by atoms with Crippen molar-refractivity contribution in [3.05, 3.63) is 0 Å². The fraction of sp³-hybridized carbons (Fsp3) is 0.917. The van der Waals surface area contributed by atoms with Crippen molar-refractivity contribution in [1.29, 1.82) is 0 Å². The third-order valence-corrected chi connectivity index (χ3v) is 4.85. The SMILES string of the molecule is CCOC(=O)C(C)(N)CCCCSCCS(C)(=O)=O. The molecule has 0 bridgehead atoms. The van der Waals surface area contributed by atoms with Gasteiger partial charge in [-0.25, -0.2) is 8.42 Å². The van der Waals surface area contributed by atoms with Gasteiger partial charge < -0.3 is 10.5 Å². The molecule has 1 atom stereocenters. The maximum absolute atomic E-state index is 11.5. The van der Waals surface area contributed by atoms with Crippen LogP contribution in [-0.4, -0.2) is 50.0 Å². The van der Waals surface area contributed by atoms with Gasteiger partial charge in [-0.05, 0) is 32.4 Å². The Bertz CT molecular complexity index is 366. The smallest absolute Gasteiger partial charge is 0.325 e. The van der Waals surface area contributed by atoms with Crippen LogP contribution in [0.15, 0.2) is 0 Å². The van der Waals surface area contributed by atoms with E-state index in [1.807, 2.05) is 0 Å². The Morgan fingerprint density at radius 1 is 1.32 bits per heavy atom. The van der Waals surface area contributed by atoms with Crippen molar-refractivity contribution in [2.75, 3.05) is 30.1 Å². The number of hydrogen-bond donors (Lipinski definition) is 1. The summed E-state index contributed by atoms with van der Waals surface area (Å²) in [6.45, 7) is 3.78. The fourth-order valence-electron chi connectivity index (χ4n) is 1.41. The van der Waals surface area contributed by atoms with Gasteiger partial charge in [0.05, 0.1) is 12.4 Å². The van der Waals surface area contributed by atoms with Gasteiger partial charge >= 0.3 is 5.97 Å². The van der Waals surface area contributed by atoms with Crippen LogP contribution in [0.1, 0.15) is 33.1 Å². The summed E-state index contributed by atoms with van der Waals surface area (Å²) in [5.41, 5.74) is 4.96.